The van der Waals surface area contributed by atoms with Gasteiger partial charge < -0.3 is 15.5 Å². The highest BCUT2D eigenvalue weighted by atomic mass is 19.1. The van der Waals surface area contributed by atoms with Gasteiger partial charge in [0.2, 0.25) is 5.91 Å². The Labute approximate surface area is 110 Å². The second-order valence-electron chi connectivity index (χ2n) is 4.42. The molecule has 1 aliphatic rings. The molecular weight excluding hydrogens is 249 g/mol. The summed E-state index contributed by atoms with van der Waals surface area (Å²) < 4.78 is 13.7. The van der Waals surface area contributed by atoms with Crippen molar-refractivity contribution in [1.29, 1.82) is 0 Å². The number of hydrogen-bond acceptors (Lipinski definition) is 3. The van der Waals surface area contributed by atoms with E-state index < -0.39 is 5.82 Å². The predicted octanol–water partition coefficient (Wildman–Crippen LogP) is 0.829. The van der Waals surface area contributed by atoms with Crippen LogP contribution >= 0.6 is 0 Å². The maximum Gasteiger partial charge on any atom is 0.256 e. The Hall–Kier alpha value is -1.95. The van der Waals surface area contributed by atoms with E-state index in [9.17, 15) is 14.0 Å². The molecular formula is C13H16FN3O2. The van der Waals surface area contributed by atoms with Gasteiger partial charge in [0.25, 0.3) is 5.91 Å². The predicted molar refractivity (Wildman–Crippen MR) is 69.5 cm³/mol. The lowest BCUT2D eigenvalue weighted by atomic mass is 10.1. The van der Waals surface area contributed by atoms with Crippen molar-refractivity contribution >= 4 is 17.5 Å². The molecule has 1 aromatic rings. The average Bonchev–Trinajstić information content (AvgIpc) is 2.40. The first kappa shape index (κ1) is 13.5. The van der Waals surface area contributed by atoms with Crippen molar-refractivity contribution in [2.75, 3.05) is 31.5 Å². The van der Waals surface area contributed by atoms with E-state index >= 15 is 0 Å². The number of anilines is 1. The molecule has 19 heavy (non-hydrogen) atoms. The fourth-order valence-electron chi connectivity index (χ4n) is 2.01. The minimum absolute atomic E-state index is 0.00634. The third-order valence-electron chi connectivity index (χ3n) is 2.92. The van der Waals surface area contributed by atoms with Crippen molar-refractivity contribution in [3.63, 3.8) is 0 Å². The van der Waals surface area contributed by atoms with Gasteiger partial charge in [-0.1, -0.05) is 0 Å². The number of halogens is 1. The van der Waals surface area contributed by atoms with E-state index in [1.807, 2.05) is 0 Å². The maximum atomic E-state index is 13.7. The number of rotatable bonds is 2. The zero-order chi connectivity index (χ0) is 13.8. The van der Waals surface area contributed by atoms with Crippen LogP contribution in [0.4, 0.5) is 10.1 Å². The zero-order valence-corrected chi connectivity index (χ0v) is 10.7. The second kappa shape index (κ2) is 5.79. The Kier molecular flexibility index (Phi) is 4.11. The van der Waals surface area contributed by atoms with E-state index in [0.29, 0.717) is 31.9 Å². The molecule has 2 N–H and O–H groups in total. The summed E-state index contributed by atoms with van der Waals surface area (Å²) in [5.41, 5.74) is 0.417. The quantitative estimate of drug-likeness (QED) is 0.832. The lowest BCUT2D eigenvalue weighted by Crippen LogP contribution is -2.46. The smallest absolute Gasteiger partial charge is 0.256 e. The van der Waals surface area contributed by atoms with Crippen LogP contribution in [-0.2, 0) is 4.79 Å². The molecule has 6 heteroatoms. The summed E-state index contributed by atoms with van der Waals surface area (Å²) in [5.74, 6) is -1.17. The molecule has 2 amide bonds. The van der Waals surface area contributed by atoms with E-state index in [1.54, 1.807) is 4.90 Å². The minimum atomic E-state index is -0.572. The Balaban J connectivity index is 2.21. The number of amides is 2. The first-order valence-corrected chi connectivity index (χ1v) is 6.15. The normalized spacial score (nSPS) is 15.2. The molecule has 0 radical (unpaired) electrons. The van der Waals surface area contributed by atoms with E-state index in [4.69, 9.17) is 0 Å². The van der Waals surface area contributed by atoms with Crippen LogP contribution in [-0.4, -0.2) is 42.9 Å². The third kappa shape index (κ3) is 3.29. The fourth-order valence-corrected chi connectivity index (χ4v) is 2.01. The van der Waals surface area contributed by atoms with Gasteiger partial charge in [0, 0.05) is 38.8 Å². The fraction of sp³-hybridized carbons (Fsp3) is 0.385. The van der Waals surface area contributed by atoms with Crippen LogP contribution in [0.15, 0.2) is 18.2 Å². The van der Waals surface area contributed by atoms with Crippen molar-refractivity contribution in [3.8, 4) is 0 Å². The highest BCUT2D eigenvalue weighted by molar-refractivity contribution is 5.97. The van der Waals surface area contributed by atoms with Gasteiger partial charge in [0.15, 0.2) is 0 Å². The highest BCUT2D eigenvalue weighted by Gasteiger charge is 2.21. The molecule has 0 bridgehead atoms. The summed E-state index contributed by atoms with van der Waals surface area (Å²) in [4.78, 5) is 24.8. The van der Waals surface area contributed by atoms with Gasteiger partial charge >= 0.3 is 0 Å². The lowest BCUT2D eigenvalue weighted by molar-refractivity contribution is -0.114. The van der Waals surface area contributed by atoms with Crippen LogP contribution in [0.2, 0.25) is 0 Å². The maximum absolute atomic E-state index is 13.7. The van der Waals surface area contributed by atoms with Crippen molar-refractivity contribution < 1.29 is 14.0 Å². The standard InChI is InChI=1S/C13H16FN3O2/c1-9(18)16-10-2-3-12(14)11(8-10)13(19)17-6-4-15-5-7-17/h2-3,8,15H,4-7H2,1H3,(H,16,18). The van der Waals surface area contributed by atoms with Gasteiger partial charge in [0.1, 0.15) is 5.82 Å². The molecule has 102 valence electrons. The number of piperazine rings is 1. The molecule has 0 spiro atoms. The number of nitrogens with zero attached hydrogens (tertiary/aromatic N) is 1. The summed E-state index contributed by atoms with van der Waals surface area (Å²) in [7, 11) is 0. The van der Waals surface area contributed by atoms with Gasteiger partial charge in [-0.2, -0.15) is 0 Å². The molecule has 1 aromatic carbocycles. The monoisotopic (exact) mass is 265 g/mol. The molecule has 0 aliphatic carbocycles. The van der Waals surface area contributed by atoms with Crippen LogP contribution in [0.5, 0.6) is 0 Å². The number of carbonyl (C=O) groups is 2. The first-order valence-electron chi connectivity index (χ1n) is 6.15. The minimum Gasteiger partial charge on any atom is -0.336 e. The summed E-state index contributed by atoms with van der Waals surface area (Å²) in [5, 5.41) is 5.67. The summed E-state index contributed by atoms with van der Waals surface area (Å²) >= 11 is 0. The Bertz CT molecular complexity index is 499. The van der Waals surface area contributed by atoms with Crippen molar-refractivity contribution in [2.24, 2.45) is 0 Å². The molecule has 0 aromatic heterocycles. The number of hydrogen-bond donors (Lipinski definition) is 2. The SMILES string of the molecule is CC(=O)Nc1ccc(F)c(C(=O)N2CCNCC2)c1. The van der Waals surface area contributed by atoms with Crippen molar-refractivity contribution in [2.45, 2.75) is 6.92 Å². The molecule has 5 nitrogen and oxygen atoms in total. The Morgan fingerprint density at radius 3 is 2.63 bits per heavy atom. The Morgan fingerprint density at radius 1 is 1.32 bits per heavy atom. The van der Waals surface area contributed by atoms with E-state index in [-0.39, 0.29) is 17.4 Å². The number of benzene rings is 1. The van der Waals surface area contributed by atoms with Crippen LogP contribution in [0.1, 0.15) is 17.3 Å². The van der Waals surface area contributed by atoms with Gasteiger partial charge in [-0.15, -0.1) is 0 Å². The molecule has 1 fully saturated rings. The first-order chi connectivity index (χ1) is 9.08. The molecule has 0 saturated carbocycles. The van der Waals surface area contributed by atoms with Crippen molar-refractivity contribution in [1.82, 2.24) is 10.2 Å². The van der Waals surface area contributed by atoms with Gasteiger partial charge in [-0.05, 0) is 18.2 Å². The molecule has 0 unspecified atom stereocenters. The Morgan fingerprint density at radius 2 is 2.00 bits per heavy atom. The van der Waals surface area contributed by atoms with Crippen LogP contribution in [0, 0.1) is 5.82 Å². The largest absolute Gasteiger partial charge is 0.336 e. The summed E-state index contributed by atoms with van der Waals surface area (Å²) in [6.07, 6.45) is 0. The van der Waals surface area contributed by atoms with Crippen LogP contribution in [0.25, 0.3) is 0 Å². The molecule has 1 aliphatic heterocycles. The average molecular weight is 265 g/mol. The van der Waals surface area contributed by atoms with E-state index in [2.05, 4.69) is 10.6 Å². The van der Waals surface area contributed by atoms with E-state index in [0.717, 1.165) is 0 Å². The number of nitrogens with one attached hydrogen (secondary N) is 2. The summed E-state index contributed by atoms with van der Waals surface area (Å²) in [6.45, 7) is 3.89. The lowest BCUT2D eigenvalue weighted by Gasteiger charge is -2.27. The zero-order valence-electron chi connectivity index (χ0n) is 10.7. The van der Waals surface area contributed by atoms with Gasteiger partial charge in [-0.25, -0.2) is 4.39 Å². The van der Waals surface area contributed by atoms with Gasteiger partial charge in [-0.3, -0.25) is 9.59 Å². The van der Waals surface area contributed by atoms with Gasteiger partial charge in [0.05, 0.1) is 5.56 Å². The van der Waals surface area contributed by atoms with Crippen LogP contribution in [0.3, 0.4) is 0 Å². The third-order valence-corrected chi connectivity index (χ3v) is 2.92. The summed E-state index contributed by atoms with van der Waals surface area (Å²) in [6, 6.07) is 4.01. The van der Waals surface area contributed by atoms with Crippen molar-refractivity contribution in [3.05, 3.63) is 29.6 Å². The molecule has 2 rings (SSSR count). The second-order valence-corrected chi connectivity index (χ2v) is 4.42. The highest BCUT2D eigenvalue weighted by Crippen LogP contribution is 2.17. The topological polar surface area (TPSA) is 61.4 Å². The number of carbonyl (C=O) groups excluding carboxylic acids is 2. The molecule has 1 heterocycles. The molecule has 1 saturated heterocycles. The van der Waals surface area contributed by atoms with E-state index in [1.165, 1.54) is 25.1 Å². The van der Waals surface area contributed by atoms with Crippen LogP contribution < -0.4 is 10.6 Å². The molecule has 0 atom stereocenters.